The molecule has 31 heavy (non-hydrogen) atoms. The topological polar surface area (TPSA) is 108 Å². The van der Waals surface area contributed by atoms with E-state index < -0.39 is 4.92 Å². The molecule has 0 aliphatic heterocycles. The molecular weight excluding hydrogens is 396 g/mol. The Morgan fingerprint density at radius 3 is 2.55 bits per heavy atom. The summed E-state index contributed by atoms with van der Waals surface area (Å²) in [5, 5.41) is 21.9. The first-order valence-corrected chi connectivity index (χ1v) is 9.63. The number of carbonyl (C=O) groups is 1. The van der Waals surface area contributed by atoms with Gasteiger partial charge in [-0.25, -0.2) is 0 Å². The zero-order chi connectivity index (χ0) is 21.8. The minimum atomic E-state index is -0.487. The number of anilines is 1. The summed E-state index contributed by atoms with van der Waals surface area (Å²) in [6.45, 7) is 3.06. The predicted molar refractivity (Wildman–Crippen MR) is 115 cm³/mol. The quantitative estimate of drug-likeness (QED) is 0.365. The van der Waals surface area contributed by atoms with E-state index in [4.69, 9.17) is 0 Å². The fraction of sp³-hybridized carbons (Fsp3) is 0.136. The molecule has 0 aliphatic rings. The van der Waals surface area contributed by atoms with Crippen LogP contribution in [0, 0.1) is 17.0 Å². The van der Waals surface area contributed by atoms with Gasteiger partial charge in [-0.2, -0.15) is 10.2 Å². The number of carbonyl (C=O) groups excluding carboxylic acids is 1. The molecule has 9 nitrogen and oxygen atoms in total. The highest BCUT2D eigenvalue weighted by atomic mass is 16.6. The number of hydrogen-bond donors (Lipinski definition) is 1. The average Bonchev–Trinajstić information content (AvgIpc) is 3.40. The van der Waals surface area contributed by atoms with E-state index in [2.05, 4.69) is 34.6 Å². The van der Waals surface area contributed by atoms with Crippen LogP contribution in [0.3, 0.4) is 0 Å². The molecule has 0 saturated carbocycles. The maximum atomic E-state index is 12.5. The van der Waals surface area contributed by atoms with E-state index in [1.54, 1.807) is 35.0 Å². The smallest absolute Gasteiger partial charge is 0.305 e. The summed E-state index contributed by atoms with van der Waals surface area (Å²) in [6, 6.07) is 16.8. The molecule has 2 heterocycles. The highest BCUT2D eigenvalue weighted by Gasteiger charge is 2.11. The van der Waals surface area contributed by atoms with Crippen LogP contribution in [0.4, 0.5) is 11.5 Å². The molecule has 156 valence electrons. The van der Waals surface area contributed by atoms with Crippen molar-refractivity contribution in [1.82, 2.24) is 19.6 Å². The zero-order valence-corrected chi connectivity index (χ0v) is 16.8. The van der Waals surface area contributed by atoms with Gasteiger partial charge >= 0.3 is 5.69 Å². The minimum absolute atomic E-state index is 0.0575. The van der Waals surface area contributed by atoms with Crippen molar-refractivity contribution in [2.24, 2.45) is 0 Å². The Labute approximate surface area is 178 Å². The van der Waals surface area contributed by atoms with Gasteiger partial charge in [0.25, 0.3) is 5.91 Å². The summed E-state index contributed by atoms with van der Waals surface area (Å²) >= 11 is 0. The van der Waals surface area contributed by atoms with Crippen LogP contribution >= 0.6 is 0 Å². The van der Waals surface area contributed by atoms with E-state index in [0.29, 0.717) is 24.5 Å². The minimum Gasteiger partial charge on any atom is -0.305 e. The van der Waals surface area contributed by atoms with Gasteiger partial charge in [-0.1, -0.05) is 36.4 Å². The van der Waals surface area contributed by atoms with Gasteiger partial charge in [-0.05, 0) is 35.7 Å². The summed E-state index contributed by atoms with van der Waals surface area (Å²) in [4.78, 5) is 22.8. The van der Waals surface area contributed by atoms with Gasteiger partial charge in [0.1, 0.15) is 12.4 Å². The van der Waals surface area contributed by atoms with Crippen molar-refractivity contribution in [2.75, 3.05) is 5.32 Å². The number of rotatable bonds is 7. The number of hydrogen-bond acceptors (Lipinski definition) is 5. The van der Waals surface area contributed by atoms with Crippen LogP contribution in [0.1, 0.15) is 27.0 Å². The van der Waals surface area contributed by atoms with Crippen molar-refractivity contribution in [1.29, 1.82) is 0 Å². The van der Waals surface area contributed by atoms with Crippen LogP contribution in [0.2, 0.25) is 0 Å². The second-order valence-electron chi connectivity index (χ2n) is 7.13. The highest BCUT2D eigenvalue weighted by molar-refractivity contribution is 6.03. The summed E-state index contributed by atoms with van der Waals surface area (Å²) in [5.41, 5.74) is 3.66. The molecule has 1 amide bonds. The zero-order valence-electron chi connectivity index (χ0n) is 16.8. The Kier molecular flexibility index (Phi) is 5.57. The molecule has 4 rings (SSSR count). The number of nitro groups is 1. The van der Waals surface area contributed by atoms with Crippen LogP contribution in [0.25, 0.3) is 0 Å². The lowest BCUT2D eigenvalue weighted by Gasteiger charge is -2.06. The highest BCUT2D eigenvalue weighted by Crippen LogP contribution is 2.13. The van der Waals surface area contributed by atoms with Gasteiger partial charge in [-0.3, -0.25) is 24.3 Å². The van der Waals surface area contributed by atoms with E-state index in [1.807, 2.05) is 18.3 Å². The van der Waals surface area contributed by atoms with Crippen molar-refractivity contribution >= 4 is 17.4 Å². The third-order valence-corrected chi connectivity index (χ3v) is 4.87. The maximum Gasteiger partial charge on any atom is 0.307 e. The Balaban J connectivity index is 1.37. The fourth-order valence-electron chi connectivity index (χ4n) is 3.15. The standard InChI is InChI=1S/C22H20N6O3/c1-16-4-2-3-5-19(16)14-26-11-10-21(25-26)24-22(29)18-8-6-17(7-9-18)13-27-15-20(12-23-27)28(30)31/h2-12,15H,13-14H2,1H3,(H,24,25,29). The van der Waals surface area contributed by atoms with Crippen LogP contribution in [-0.2, 0) is 13.1 Å². The van der Waals surface area contributed by atoms with Gasteiger partial charge in [0, 0.05) is 17.8 Å². The second-order valence-corrected chi connectivity index (χ2v) is 7.13. The monoisotopic (exact) mass is 416 g/mol. The first-order chi connectivity index (χ1) is 15.0. The van der Waals surface area contributed by atoms with Crippen molar-refractivity contribution in [2.45, 2.75) is 20.0 Å². The fourth-order valence-corrected chi connectivity index (χ4v) is 3.15. The van der Waals surface area contributed by atoms with Crippen LogP contribution < -0.4 is 5.32 Å². The molecule has 0 spiro atoms. The van der Waals surface area contributed by atoms with Gasteiger partial charge in [0.2, 0.25) is 0 Å². The predicted octanol–water partition coefficient (Wildman–Crippen LogP) is 3.65. The van der Waals surface area contributed by atoms with E-state index in [1.165, 1.54) is 28.2 Å². The molecule has 1 N–H and O–H groups in total. The van der Waals surface area contributed by atoms with Gasteiger partial charge in [0.15, 0.2) is 5.82 Å². The summed E-state index contributed by atoms with van der Waals surface area (Å²) in [7, 11) is 0. The van der Waals surface area contributed by atoms with Crippen LogP contribution in [0.15, 0.2) is 73.2 Å². The molecule has 0 atom stereocenters. The van der Waals surface area contributed by atoms with Gasteiger partial charge in [0.05, 0.1) is 18.0 Å². The normalized spacial score (nSPS) is 10.7. The third-order valence-electron chi connectivity index (χ3n) is 4.87. The third kappa shape index (κ3) is 4.84. The second kappa shape index (κ2) is 8.62. The molecule has 2 aromatic carbocycles. The molecule has 0 saturated heterocycles. The number of aryl methyl sites for hydroxylation is 1. The molecule has 9 heteroatoms. The molecule has 0 aliphatic carbocycles. The maximum absolute atomic E-state index is 12.5. The van der Waals surface area contributed by atoms with Crippen molar-refractivity contribution < 1.29 is 9.72 Å². The molecule has 4 aromatic rings. The SMILES string of the molecule is Cc1ccccc1Cn1ccc(NC(=O)c2ccc(Cn3cc([N+](=O)[O-])cn3)cc2)n1. The van der Waals surface area contributed by atoms with Crippen LogP contribution in [0.5, 0.6) is 0 Å². The Bertz CT molecular complexity index is 1230. The molecule has 0 radical (unpaired) electrons. The number of nitrogens with zero attached hydrogens (tertiary/aromatic N) is 5. The number of nitrogens with one attached hydrogen (secondary N) is 1. The first kappa shape index (κ1) is 20.0. The Hall–Kier alpha value is -4.27. The van der Waals surface area contributed by atoms with Crippen LogP contribution in [-0.4, -0.2) is 30.4 Å². The Morgan fingerprint density at radius 2 is 1.84 bits per heavy atom. The van der Waals surface area contributed by atoms with Gasteiger partial charge in [-0.15, -0.1) is 0 Å². The first-order valence-electron chi connectivity index (χ1n) is 9.63. The number of aromatic nitrogens is 4. The lowest BCUT2D eigenvalue weighted by molar-refractivity contribution is -0.385. The number of benzene rings is 2. The lowest BCUT2D eigenvalue weighted by atomic mass is 10.1. The van der Waals surface area contributed by atoms with E-state index >= 15 is 0 Å². The summed E-state index contributed by atoms with van der Waals surface area (Å²) in [5.74, 6) is 0.217. The average molecular weight is 416 g/mol. The van der Waals surface area contributed by atoms with E-state index in [-0.39, 0.29) is 11.6 Å². The van der Waals surface area contributed by atoms with E-state index in [9.17, 15) is 14.9 Å². The summed E-state index contributed by atoms with van der Waals surface area (Å²) in [6.07, 6.45) is 4.41. The van der Waals surface area contributed by atoms with Crippen molar-refractivity contribution in [3.8, 4) is 0 Å². The van der Waals surface area contributed by atoms with E-state index in [0.717, 1.165) is 5.56 Å². The molecule has 0 unspecified atom stereocenters. The van der Waals surface area contributed by atoms with Crippen molar-refractivity contribution in [3.05, 3.63) is 106 Å². The molecule has 2 aromatic heterocycles. The largest absolute Gasteiger partial charge is 0.307 e. The molecule has 0 bridgehead atoms. The Morgan fingerprint density at radius 1 is 1.06 bits per heavy atom. The van der Waals surface area contributed by atoms with Gasteiger partial charge < -0.3 is 5.32 Å². The van der Waals surface area contributed by atoms with Crippen molar-refractivity contribution in [3.63, 3.8) is 0 Å². The summed E-state index contributed by atoms with van der Waals surface area (Å²) < 4.78 is 3.26. The lowest BCUT2D eigenvalue weighted by Crippen LogP contribution is -2.13. The molecular formula is C22H20N6O3. The number of amides is 1. The molecule has 0 fully saturated rings.